The van der Waals surface area contributed by atoms with Crippen LogP contribution >= 0.6 is 0 Å². The molecule has 140 valence electrons. The Balaban J connectivity index is 1.92. The fraction of sp³-hybridized carbons (Fsp3) is 0.882. The van der Waals surface area contributed by atoms with Crippen molar-refractivity contribution in [2.75, 3.05) is 52.9 Å². The second kappa shape index (κ2) is 13.3. The maximum Gasteiger partial charge on any atom is 0.306 e. The predicted octanol–water partition coefficient (Wildman–Crippen LogP) is 0.967. The highest BCUT2D eigenvalue weighted by Gasteiger charge is 2.34. The van der Waals surface area contributed by atoms with Gasteiger partial charge in [0.2, 0.25) is 0 Å². The molecule has 7 heteroatoms. The highest BCUT2D eigenvalue weighted by molar-refractivity contribution is 5.84. The Morgan fingerprint density at radius 2 is 1.62 bits per heavy atom. The Kier molecular flexibility index (Phi) is 11.6. The maximum absolute atomic E-state index is 11.8. The van der Waals surface area contributed by atoms with Crippen LogP contribution in [0, 0.1) is 11.8 Å². The summed E-state index contributed by atoms with van der Waals surface area (Å²) in [6.45, 7) is 4.63. The summed E-state index contributed by atoms with van der Waals surface area (Å²) in [4.78, 5) is 23.4. The molecule has 2 atom stereocenters. The molecule has 1 saturated carbocycles. The third-order valence-corrected chi connectivity index (χ3v) is 4.08. The minimum absolute atomic E-state index is 0.0119. The van der Waals surface area contributed by atoms with Crippen molar-refractivity contribution in [1.82, 2.24) is 0 Å². The molecule has 0 bridgehead atoms. The lowest BCUT2D eigenvalue weighted by Gasteiger charge is -2.15. The van der Waals surface area contributed by atoms with Crippen LogP contribution in [0.15, 0.2) is 0 Å². The molecule has 1 rings (SSSR count). The molecule has 2 unspecified atom stereocenters. The van der Waals surface area contributed by atoms with Crippen LogP contribution in [0.1, 0.15) is 32.6 Å². The number of hydrogen-bond donors (Lipinski definition) is 1. The van der Waals surface area contributed by atoms with Gasteiger partial charge in [0.1, 0.15) is 12.4 Å². The van der Waals surface area contributed by atoms with E-state index in [1.807, 2.05) is 6.92 Å². The molecule has 0 saturated heterocycles. The first-order chi connectivity index (χ1) is 11.7. The lowest BCUT2D eigenvalue weighted by Crippen LogP contribution is -2.20. The van der Waals surface area contributed by atoms with Crippen molar-refractivity contribution in [2.24, 2.45) is 11.8 Å². The molecule has 0 amide bonds. The van der Waals surface area contributed by atoms with Crippen molar-refractivity contribution in [1.29, 1.82) is 0 Å². The van der Waals surface area contributed by atoms with E-state index < -0.39 is 0 Å². The molecule has 1 fully saturated rings. The van der Waals surface area contributed by atoms with Gasteiger partial charge in [-0.2, -0.15) is 0 Å². The van der Waals surface area contributed by atoms with Crippen LogP contribution in [0.25, 0.3) is 0 Å². The summed E-state index contributed by atoms with van der Waals surface area (Å²) < 4.78 is 20.7. The van der Waals surface area contributed by atoms with Gasteiger partial charge < -0.3 is 24.1 Å². The molecule has 1 N–H and O–H groups in total. The molecule has 0 aromatic heterocycles. The summed E-state index contributed by atoms with van der Waals surface area (Å²) in [6.07, 6.45) is 2.50. The van der Waals surface area contributed by atoms with Gasteiger partial charge in [-0.3, -0.25) is 9.59 Å². The zero-order valence-corrected chi connectivity index (χ0v) is 14.5. The fourth-order valence-corrected chi connectivity index (χ4v) is 2.88. The molecule has 0 radical (unpaired) electrons. The van der Waals surface area contributed by atoms with E-state index in [0.29, 0.717) is 52.5 Å². The first-order valence-corrected chi connectivity index (χ1v) is 8.71. The number of rotatable bonds is 14. The third-order valence-electron chi connectivity index (χ3n) is 4.08. The van der Waals surface area contributed by atoms with Crippen LogP contribution in [0.2, 0.25) is 0 Å². The summed E-state index contributed by atoms with van der Waals surface area (Å²) in [5.74, 6) is 0.180. The minimum Gasteiger partial charge on any atom is -0.463 e. The van der Waals surface area contributed by atoms with Crippen LogP contribution < -0.4 is 0 Å². The summed E-state index contributed by atoms with van der Waals surface area (Å²) in [5.41, 5.74) is 0. The van der Waals surface area contributed by atoms with Gasteiger partial charge in [0.05, 0.1) is 46.2 Å². The molecule has 7 nitrogen and oxygen atoms in total. The van der Waals surface area contributed by atoms with Crippen LogP contribution in [-0.4, -0.2) is 69.7 Å². The van der Waals surface area contributed by atoms with Crippen LogP contribution in [0.3, 0.4) is 0 Å². The average molecular weight is 346 g/mol. The zero-order valence-electron chi connectivity index (χ0n) is 14.5. The number of carbonyl (C=O) groups excluding carboxylic acids is 2. The first kappa shape index (κ1) is 21.0. The topological polar surface area (TPSA) is 91.3 Å². The smallest absolute Gasteiger partial charge is 0.306 e. The van der Waals surface area contributed by atoms with E-state index in [0.717, 1.165) is 12.8 Å². The Morgan fingerprint density at radius 1 is 1.04 bits per heavy atom. The summed E-state index contributed by atoms with van der Waals surface area (Å²) >= 11 is 0. The Labute approximate surface area is 143 Å². The van der Waals surface area contributed by atoms with Gasteiger partial charge in [0.15, 0.2) is 0 Å². The summed E-state index contributed by atoms with van der Waals surface area (Å²) in [5, 5.41) is 8.51. The number of aliphatic hydroxyl groups excluding tert-OH is 1. The van der Waals surface area contributed by atoms with Crippen LogP contribution in [-0.2, 0) is 28.5 Å². The molecule has 0 aliphatic heterocycles. The van der Waals surface area contributed by atoms with Crippen molar-refractivity contribution >= 4 is 11.8 Å². The number of Topliss-reactive ketones (excluding diaryl/α,β-unsaturated/α-hetero) is 1. The summed E-state index contributed by atoms with van der Waals surface area (Å²) in [7, 11) is 0. The zero-order chi connectivity index (χ0) is 17.6. The van der Waals surface area contributed by atoms with Gasteiger partial charge in [-0.15, -0.1) is 0 Å². The van der Waals surface area contributed by atoms with E-state index >= 15 is 0 Å². The van der Waals surface area contributed by atoms with E-state index in [1.54, 1.807) is 0 Å². The highest BCUT2D eigenvalue weighted by Crippen LogP contribution is 2.33. The molecular formula is C17H30O7. The molecule has 0 aromatic carbocycles. The number of ether oxygens (including phenoxy) is 4. The summed E-state index contributed by atoms with van der Waals surface area (Å²) in [6, 6.07) is 0. The lowest BCUT2D eigenvalue weighted by molar-refractivity contribution is -0.146. The molecular weight excluding hydrogens is 316 g/mol. The molecule has 24 heavy (non-hydrogen) atoms. The van der Waals surface area contributed by atoms with Gasteiger partial charge >= 0.3 is 5.97 Å². The van der Waals surface area contributed by atoms with E-state index in [4.69, 9.17) is 24.1 Å². The van der Waals surface area contributed by atoms with Crippen molar-refractivity contribution in [2.45, 2.75) is 32.6 Å². The van der Waals surface area contributed by atoms with Gasteiger partial charge in [-0.1, -0.05) is 6.92 Å². The third kappa shape index (κ3) is 8.73. The molecule has 0 spiro atoms. The molecule has 1 aliphatic carbocycles. The molecule has 0 heterocycles. The van der Waals surface area contributed by atoms with Crippen LogP contribution in [0.4, 0.5) is 0 Å². The lowest BCUT2D eigenvalue weighted by atomic mass is 9.90. The van der Waals surface area contributed by atoms with E-state index in [9.17, 15) is 9.59 Å². The van der Waals surface area contributed by atoms with Gasteiger partial charge in [-0.25, -0.2) is 0 Å². The number of aliphatic hydroxyl groups is 1. The van der Waals surface area contributed by atoms with Crippen molar-refractivity contribution in [3.05, 3.63) is 0 Å². The van der Waals surface area contributed by atoms with Crippen molar-refractivity contribution < 1.29 is 33.6 Å². The fourth-order valence-electron chi connectivity index (χ4n) is 2.88. The van der Waals surface area contributed by atoms with E-state index in [2.05, 4.69) is 0 Å². The minimum atomic E-state index is -0.256. The Hall–Kier alpha value is -1.02. The second-order valence-corrected chi connectivity index (χ2v) is 5.77. The predicted molar refractivity (Wildman–Crippen MR) is 86.6 cm³/mol. The average Bonchev–Trinajstić information content (AvgIpc) is 2.92. The quantitative estimate of drug-likeness (QED) is 0.370. The largest absolute Gasteiger partial charge is 0.463 e. The van der Waals surface area contributed by atoms with E-state index in [1.165, 1.54) is 0 Å². The Morgan fingerprint density at radius 3 is 2.21 bits per heavy atom. The van der Waals surface area contributed by atoms with Gasteiger partial charge in [0, 0.05) is 18.8 Å². The number of hydrogen-bond acceptors (Lipinski definition) is 7. The van der Waals surface area contributed by atoms with Crippen molar-refractivity contribution in [3.8, 4) is 0 Å². The molecule has 1 aliphatic rings. The molecule has 0 aromatic rings. The van der Waals surface area contributed by atoms with Crippen molar-refractivity contribution in [3.63, 3.8) is 0 Å². The van der Waals surface area contributed by atoms with Gasteiger partial charge in [0.25, 0.3) is 0 Å². The highest BCUT2D eigenvalue weighted by atomic mass is 16.6. The number of carbonyl (C=O) groups is 2. The normalized spacial score (nSPS) is 20.5. The Bertz CT molecular complexity index is 359. The standard InChI is InChI=1S/C17H30O7/c1-2-15-14(3-4-16(15)19)13-17(20)24-12-11-23-10-9-22-8-7-21-6-5-18/h14-15,18H,2-13H2,1H3. The monoisotopic (exact) mass is 346 g/mol. The maximum atomic E-state index is 11.8. The van der Waals surface area contributed by atoms with Crippen LogP contribution in [0.5, 0.6) is 0 Å². The second-order valence-electron chi connectivity index (χ2n) is 5.77. The first-order valence-electron chi connectivity index (χ1n) is 8.71. The SMILES string of the molecule is CCC1C(=O)CCC1CC(=O)OCCOCCOCCOCCO. The number of ketones is 1. The number of esters is 1. The van der Waals surface area contributed by atoms with Gasteiger partial charge in [-0.05, 0) is 18.8 Å². The van der Waals surface area contributed by atoms with E-state index in [-0.39, 0.29) is 36.8 Å².